The zero-order valence-corrected chi connectivity index (χ0v) is 12.7. The normalized spacial score (nSPS) is 19.8. The summed E-state index contributed by atoms with van der Waals surface area (Å²) >= 11 is 29.1. The molecule has 0 aliphatic carbocycles. The first-order valence-corrected chi connectivity index (χ1v) is 6.72. The van der Waals surface area contributed by atoms with Crippen molar-refractivity contribution >= 4 is 75.5 Å². The molecule has 0 saturated carbocycles. The van der Waals surface area contributed by atoms with E-state index in [2.05, 4.69) is 0 Å². The van der Waals surface area contributed by atoms with E-state index < -0.39 is 21.8 Å². The first-order valence-electron chi connectivity index (χ1n) is 4.83. The Labute approximate surface area is 133 Å². The molecule has 1 aliphatic rings. The van der Waals surface area contributed by atoms with Gasteiger partial charge in [-0.1, -0.05) is 64.1 Å². The van der Waals surface area contributed by atoms with E-state index in [1.54, 1.807) is 12.1 Å². The van der Waals surface area contributed by atoms with Crippen LogP contribution in [-0.2, 0) is 9.53 Å². The number of halogens is 5. The molecule has 1 amide bonds. The number of amides is 1. The molecule has 0 spiro atoms. The van der Waals surface area contributed by atoms with Crippen LogP contribution in [0.25, 0.3) is 0 Å². The van der Waals surface area contributed by atoms with Crippen LogP contribution in [0.1, 0.15) is 0 Å². The van der Waals surface area contributed by atoms with Crippen LogP contribution in [0.2, 0.25) is 10.0 Å². The van der Waals surface area contributed by atoms with E-state index in [1.807, 2.05) is 0 Å². The van der Waals surface area contributed by atoms with Crippen LogP contribution >= 0.6 is 58.0 Å². The van der Waals surface area contributed by atoms with Gasteiger partial charge in [0.15, 0.2) is 0 Å². The van der Waals surface area contributed by atoms with Crippen molar-refractivity contribution in [3.63, 3.8) is 0 Å². The van der Waals surface area contributed by atoms with E-state index in [1.165, 1.54) is 6.07 Å². The molecule has 1 saturated heterocycles. The van der Waals surface area contributed by atoms with Gasteiger partial charge in [0.05, 0.1) is 15.7 Å². The van der Waals surface area contributed by atoms with Gasteiger partial charge in [-0.2, -0.15) is 0 Å². The van der Waals surface area contributed by atoms with Crippen molar-refractivity contribution in [3.8, 4) is 0 Å². The molecule has 9 heteroatoms. The maximum atomic E-state index is 11.9. The fraction of sp³-hybridized carbons (Fsp3) is 0.200. The monoisotopic (exact) mass is 360 g/mol. The van der Waals surface area contributed by atoms with Crippen molar-refractivity contribution in [2.75, 3.05) is 4.90 Å². The van der Waals surface area contributed by atoms with Crippen molar-refractivity contribution in [2.24, 2.45) is 0 Å². The molecule has 1 aromatic rings. The van der Waals surface area contributed by atoms with Gasteiger partial charge in [0.25, 0.3) is 5.90 Å². The van der Waals surface area contributed by atoms with Gasteiger partial charge in [0, 0.05) is 0 Å². The summed E-state index contributed by atoms with van der Waals surface area (Å²) < 4.78 is 3.02. The number of nitrogens with one attached hydrogen (secondary N) is 1. The Morgan fingerprint density at radius 3 is 2.47 bits per heavy atom. The molecule has 1 fully saturated rings. The molecule has 102 valence electrons. The summed E-state index contributed by atoms with van der Waals surface area (Å²) in [6, 6.07) is 4.64. The molecule has 0 aromatic heterocycles. The third kappa shape index (κ3) is 2.73. The molecule has 19 heavy (non-hydrogen) atoms. The summed E-state index contributed by atoms with van der Waals surface area (Å²) in [5, 5.41) is 7.74. The topological polar surface area (TPSA) is 53.4 Å². The fourth-order valence-electron chi connectivity index (χ4n) is 1.56. The van der Waals surface area contributed by atoms with Crippen LogP contribution in [0.15, 0.2) is 18.2 Å². The second-order valence-electron chi connectivity index (χ2n) is 3.59. The fourth-order valence-corrected chi connectivity index (χ4v) is 2.37. The lowest BCUT2D eigenvalue weighted by atomic mass is 10.2. The maximum absolute atomic E-state index is 11.9. The molecule has 1 aliphatic heterocycles. The highest BCUT2D eigenvalue weighted by Crippen LogP contribution is 2.42. The van der Waals surface area contributed by atoms with Crippen LogP contribution in [-0.4, -0.2) is 21.8 Å². The molecule has 1 N–H and O–H groups in total. The summed E-state index contributed by atoms with van der Waals surface area (Å²) in [5.74, 6) is -1.40. The van der Waals surface area contributed by atoms with E-state index in [-0.39, 0.29) is 15.7 Å². The van der Waals surface area contributed by atoms with E-state index in [0.717, 1.165) is 4.90 Å². The Kier molecular flexibility index (Phi) is 4.10. The highest BCUT2D eigenvalue weighted by molar-refractivity contribution is 6.68. The summed E-state index contributed by atoms with van der Waals surface area (Å²) in [6.45, 7) is 0. The molecule has 1 unspecified atom stereocenters. The number of anilines is 1. The van der Waals surface area contributed by atoms with Gasteiger partial charge in [-0.15, -0.1) is 0 Å². The average Bonchev–Trinajstić information content (AvgIpc) is 2.60. The van der Waals surface area contributed by atoms with Crippen molar-refractivity contribution in [2.45, 2.75) is 10.0 Å². The lowest BCUT2D eigenvalue weighted by Crippen LogP contribution is -2.42. The third-order valence-electron chi connectivity index (χ3n) is 2.35. The number of carbonyl (C=O) groups excluding carboxylic acids is 1. The Hall–Kier alpha value is -0.390. The van der Waals surface area contributed by atoms with Gasteiger partial charge in [-0.25, -0.2) is 0 Å². The first kappa shape index (κ1) is 15.0. The standard InChI is InChI=1S/C10H5Cl5N2O2/c11-4-2-1-3-5(6(4)12)17-8(18)7(16)19-9(17)10(13,14)15/h1-3,9,16H. The summed E-state index contributed by atoms with van der Waals surface area (Å²) in [4.78, 5) is 12.9. The summed E-state index contributed by atoms with van der Waals surface area (Å²) in [7, 11) is 0. The number of benzene rings is 1. The molecule has 1 aromatic carbocycles. The summed E-state index contributed by atoms with van der Waals surface area (Å²) in [5.41, 5.74) is 0.206. The van der Waals surface area contributed by atoms with Crippen LogP contribution < -0.4 is 4.90 Å². The zero-order valence-electron chi connectivity index (χ0n) is 8.96. The number of nitrogens with zero attached hydrogens (tertiary/aromatic N) is 1. The molecule has 4 nitrogen and oxygen atoms in total. The first-order chi connectivity index (χ1) is 8.73. The smallest absolute Gasteiger partial charge is 0.316 e. The van der Waals surface area contributed by atoms with Gasteiger partial charge >= 0.3 is 5.91 Å². The predicted molar refractivity (Wildman–Crippen MR) is 76.8 cm³/mol. The largest absolute Gasteiger partial charge is 0.445 e. The Balaban J connectivity index is 2.54. The molecular formula is C10H5Cl5N2O2. The highest BCUT2D eigenvalue weighted by Gasteiger charge is 2.50. The van der Waals surface area contributed by atoms with E-state index >= 15 is 0 Å². The molecular weight excluding hydrogens is 357 g/mol. The van der Waals surface area contributed by atoms with Crippen LogP contribution in [0.5, 0.6) is 0 Å². The quantitative estimate of drug-likeness (QED) is 0.767. The Bertz CT molecular complexity index is 557. The molecule has 2 rings (SSSR count). The minimum absolute atomic E-state index is 0.107. The SMILES string of the molecule is N=C1OC(C(Cl)(Cl)Cl)N(c2cccc(Cl)c2Cl)C1=O. The van der Waals surface area contributed by atoms with Crippen molar-refractivity contribution in [3.05, 3.63) is 28.2 Å². The molecule has 1 heterocycles. The van der Waals surface area contributed by atoms with Crippen LogP contribution in [0, 0.1) is 5.41 Å². The second kappa shape index (κ2) is 5.19. The maximum Gasteiger partial charge on any atom is 0.316 e. The van der Waals surface area contributed by atoms with Gasteiger partial charge in [-0.05, 0) is 12.1 Å². The van der Waals surface area contributed by atoms with Crippen LogP contribution in [0.4, 0.5) is 5.69 Å². The predicted octanol–water partition coefficient (Wildman–Crippen LogP) is 4.03. The lowest BCUT2D eigenvalue weighted by Gasteiger charge is -2.27. The minimum atomic E-state index is -1.94. The number of hydrogen-bond donors (Lipinski definition) is 1. The number of hydrogen-bond acceptors (Lipinski definition) is 3. The van der Waals surface area contributed by atoms with Crippen molar-refractivity contribution in [1.29, 1.82) is 5.41 Å². The number of ether oxygens (including phenoxy) is 1. The number of carbonyl (C=O) groups is 1. The van der Waals surface area contributed by atoms with Gasteiger partial charge < -0.3 is 4.74 Å². The zero-order chi connectivity index (χ0) is 14.4. The Morgan fingerprint density at radius 1 is 1.26 bits per heavy atom. The number of alkyl halides is 3. The molecule has 0 radical (unpaired) electrons. The van der Waals surface area contributed by atoms with Crippen molar-refractivity contribution in [1.82, 2.24) is 0 Å². The summed E-state index contributed by atoms with van der Waals surface area (Å²) in [6.07, 6.45) is -1.28. The molecule has 1 atom stereocenters. The van der Waals surface area contributed by atoms with Gasteiger partial charge in [0.2, 0.25) is 10.0 Å². The molecule has 0 bridgehead atoms. The van der Waals surface area contributed by atoms with Gasteiger partial charge in [0.1, 0.15) is 0 Å². The van der Waals surface area contributed by atoms with E-state index in [0.29, 0.717) is 0 Å². The Morgan fingerprint density at radius 2 is 1.89 bits per heavy atom. The minimum Gasteiger partial charge on any atom is -0.445 e. The third-order valence-corrected chi connectivity index (χ3v) is 3.72. The lowest BCUT2D eigenvalue weighted by molar-refractivity contribution is -0.112. The van der Waals surface area contributed by atoms with E-state index in [4.69, 9.17) is 68.2 Å². The van der Waals surface area contributed by atoms with Crippen LogP contribution in [0.3, 0.4) is 0 Å². The van der Waals surface area contributed by atoms with Crippen molar-refractivity contribution < 1.29 is 9.53 Å². The van der Waals surface area contributed by atoms with E-state index in [9.17, 15) is 4.79 Å². The average molecular weight is 362 g/mol. The highest BCUT2D eigenvalue weighted by atomic mass is 35.6. The second-order valence-corrected chi connectivity index (χ2v) is 6.74. The van der Waals surface area contributed by atoms with Gasteiger partial charge in [-0.3, -0.25) is 15.1 Å². The number of rotatable bonds is 1.